The molecule has 2 heterocycles. The molecule has 3 aromatic rings. The summed E-state index contributed by atoms with van der Waals surface area (Å²) in [6.07, 6.45) is 4.91. The molecule has 8 heteroatoms. The topological polar surface area (TPSA) is 104 Å². The van der Waals surface area contributed by atoms with Crippen LogP contribution in [-0.2, 0) is 5.41 Å². The van der Waals surface area contributed by atoms with Gasteiger partial charge in [0.15, 0.2) is 0 Å². The van der Waals surface area contributed by atoms with Crippen LogP contribution in [0.25, 0.3) is 5.69 Å². The van der Waals surface area contributed by atoms with Crippen molar-refractivity contribution in [1.29, 1.82) is 5.26 Å². The van der Waals surface area contributed by atoms with E-state index in [1.165, 1.54) is 24.5 Å². The number of hydrogen-bond donors (Lipinski definition) is 2. The predicted molar refractivity (Wildman–Crippen MR) is 112 cm³/mol. The second-order valence-electron chi connectivity index (χ2n) is 7.84. The van der Waals surface area contributed by atoms with E-state index in [1.807, 2.05) is 0 Å². The minimum Gasteiger partial charge on any atom is -0.393 e. The van der Waals surface area contributed by atoms with Crippen LogP contribution < -0.4 is 5.32 Å². The van der Waals surface area contributed by atoms with E-state index in [0.717, 1.165) is 0 Å². The van der Waals surface area contributed by atoms with Gasteiger partial charge in [0, 0.05) is 0 Å². The lowest BCUT2D eigenvalue weighted by molar-refractivity contribution is 0.102. The first-order valence-corrected chi connectivity index (χ1v) is 10.1. The molecule has 0 radical (unpaired) electrons. The van der Waals surface area contributed by atoms with Gasteiger partial charge in [0.1, 0.15) is 5.82 Å². The monoisotopic (exact) mass is 419 g/mol. The van der Waals surface area contributed by atoms with Gasteiger partial charge in [-0.25, -0.2) is 9.07 Å². The number of aliphatic hydroxyl groups is 1. The molecule has 4 rings (SSSR count). The number of nitriles is 1. The largest absolute Gasteiger partial charge is 0.393 e. The van der Waals surface area contributed by atoms with Gasteiger partial charge >= 0.3 is 0 Å². The van der Waals surface area contributed by atoms with E-state index >= 15 is 0 Å². The maximum absolute atomic E-state index is 13.2. The molecule has 1 fully saturated rings. The summed E-state index contributed by atoms with van der Waals surface area (Å²) in [5, 5.41) is 26.5. The number of nitrogens with zero attached hydrogens (tertiary/aromatic N) is 4. The van der Waals surface area contributed by atoms with Crippen molar-refractivity contribution < 1.29 is 14.3 Å². The molecular formula is C23H22FN5O2. The van der Waals surface area contributed by atoms with Gasteiger partial charge in [0.25, 0.3) is 5.91 Å². The van der Waals surface area contributed by atoms with Gasteiger partial charge in [0.05, 0.1) is 58.3 Å². The Labute approximate surface area is 179 Å². The molecule has 0 aliphatic heterocycles. The first-order valence-electron chi connectivity index (χ1n) is 10.1. The zero-order chi connectivity index (χ0) is 22.0. The molecule has 2 N–H and O–H groups in total. The molecule has 0 saturated heterocycles. The number of aliphatic hydroxyl groups excluding tert-OH is 1. The molecule has 0 spiro atoms. The second kappa shape index (κ2) is 8.28. The van der Waals surface area contributed by atoms with Crippen molar-refractivity contribution in [3.8, 4) is 11.8 Å². The minimum absolute atomic E-state index is 0.337. The average molecular weight is 419 g/mol. The zero-order valence-electron chi connectivity index (χ0n) is 17.0. The highest BCUT2D eigenvalue weighted by Crippen LogP contribution is 2.38. The Morgan fingerprint density at radius 3 is 2.55 bits per heavy atom. The lowest BCUT2D eigenvalue weighted by Crippen LogP contribution is -2.33. The standard InChI is InChI=1S/C23H22FN5O2/c1-15-20(13-27-29(15)18-5-2-16(24)3-6-18)22(31)28-17-4-7-21(26-12-17)23(14-25)10-8-19(30)9-11-23/h2-7,12-13,19,30H,8-11H2,1H3,(H,28,31)/t19-,23-. The van der Waals surface area contributed by atoms with Crippen LogP contribution in [0.1, 0.15) is 47.4 Å². The molecule has 2 aromatic heterocycles. The van der Waals surface area contributed by atoms with Gasteiger partial charge in [-0.2, -0.15) is 10.4 Å². The Balaban J connectivity index is 1.49. The molecule has 31 heavy (non-hydrogen) atoms. The minimum atomic E-state index is -0.700. The second-order valence-corrected chi connectivity index (χ2v) is 7.84. The smallest absolute Gasteiger partial charge is 0.259 e. The maximum atomic E-state index is 13.2. The van der Waals surface area contributed by atoms with Gasteiger partial charge in [-0.1, -0.05) is 0 Å². The van der Waals surface area contributed by atoms with E-state index in [4.69, 9.17) is 0 Å². The molecule has 1 aromatic carbocycles. The van der Waals surface area contributed by atoms with Crippen LogP contribution in [0.5, 0.6) is 0 Å². The Kier molecular flexibility index (Phi) is 5.53. The summed E-state index contributed by atoms with van der Waals surface area (Å²) < 4.78 is 14.7. The van der Waals surface area contributed by atoms with Crippen molar-refractivity contribution in [3.05, 3.63) is 71.6 Å². The summed E-state index contributed by atoms with van der Waals surface area (Å²) in [7, 11) is 0. The van der Waals surface area contributed by atoms with Gasteiger partial charge in [-0.15, -0.1) is 0 Å². The maximum Gasteiger partial charge on any atom is 0.259 e. The summed E-state index contributed by atoms with van der Waals surface area (Å²) >= 11 is 0. The molecule has 1 amide bonds. The summed E-state index contributed by atoms with van der Waals surface area (Å²) in [6, 6.07) is 11.7. The lowest BCUT2D eigenvalue weighted by Gasteiger charge is -2.32. The highest BCUT2D eigenvalue weighted by Gasteiger charge is 2.37. The summed E-state index contributed by atoms with van der Waals surface area (Å²) in [4.78, 5) is 17.2. The van der Waals surface area contributed by atoms with Gasteiger partial charge in [0.2, 0.25) is 0 Å². The van der Waals surface area contributed by atoms with Crippen molar-refractivity contribution in [1.82, 2.24) is 14.8 Å². The van der Waals surface area contributed by atoms with Crippen molar-refractivity contribution in [3.63, 3.8) is 0 Å². The highest BCUT2D eigenvalue weighted by atomic mass is 19.1. The third-order valence-electron chi connectivity index (χ3n) is 5.86. The Morgan fingerprint density at radius 1 is 1.23 bits per heavy atom. The van der Waals surface area contributed by atoms with Crippen molar-refractivity contribution >= 4 is 11.6 Å². The van der Waals surface area contributed by atoms with Crippen LogP contribution in [0.4, 0.5) is 10.1 Å². The Hall–Kier alpha value is -3.57. The Bertz CT molecular complexity index is 1120. The van der Waals surface area contributed by atoms with E-state index in [2.05, 4.69) is 21.5 Å². The van der Waals surface area contributed by atoms with Crippen molar-refractivity contribution in [2.45, 2.75) is 44.1 Å². The first kappa shape index (κ1) is 20.7. The van der Waals surface area contributed by atoms with Gasteiger partial charge in [-0.3, -0.25) is 9.78 Å². The van der Waals surface area contributed by atoms with Crippen LogP contribution in [-0.4, -0.2) is 31.9 Å². The van der Waals surface area contributed by atoms with Crippen molar-refractivity contribution in [2.75, 3.05) is 5.32 Å². The van der Waals surface area contributed by atoms with Crippen LogP contribution in [0.15, 0.2) is 48.8 Å². The first-order chi connectivity index (χ1) is 14.9. The number of carbonyl (C=O) groups is 1. The molecule has 0 atom stereocenters. The van der Waals surface area contributed by atoms with Crippen LogP contribution >= 0.6 is 0 Å². The molecule has 0 unspecified atom stereocenters. The number of pyridine rings is 1. The van der Waals surface area contributed by atoms with E-state index in [-0.39, 0.29) is 17.8 Å². The molecule has 0 bridgehead atoms. The summed E-state index contributed by atoms with van der Waals surface area (Å²) in [5.41, 5.74) is 2.13. The summed E-state index contributed by atoms with van der Waals surface area (Å²) in [6.45, 7) is 1.76. The van der Waals surface area contributed by atoms with Crippen LogP contribution in [0.2, 0.25) is 0 Å². The number of amides is 1. The highest BCUT2D eigenvalue weighted by molar-refractivity contribution is 6.04. The number of rotatable bonds is 4. The SMILES string of the molecule is Cc1c(C(=O)Nc2ccc([C@]3(C#N)CC[C@@H](O)CC3)nc2)cnn1-c1ccc(F)cc1. The third kappa shape index (κ3) is 4.05. The third-order valence-corrected chi connectivity index (χ3v) is 5.86. The molecule has 158 valence electrons. The average Bonchev–Trinajstić information content (AvgIpc) is 3.17. The lowest BCUT2D eigenvalue weighted by atomic mass is 9.72. The molecule has 1 aliphatic rings. The number of carbonyl (C=O) groups excluding carboxylic acids is 1. The zero-order valence-corrected chi connectivity index (χ0v) is 17.0. The number of aromatic nitrogens is 3. The molecule has 1 aliphatic carbocycles. The fraction of sp³-hybridized carbons (Fsp3) is 0.304. The molecular weight excluding hydrogens is 397 g/mol. The van der Waals surface area contributed by atoms with E-state index in [1.54, 1.807) is 35.9 Å². The Morgan fingerprint density at radius 2 is 1.94 bits per heavy atom. The predicted octanol–water partition coefficient (Wildman–Crippen LogP) is 3.66. The number of nitrogens with one attached hydrogen (secondary N) is 1. The number of anilines is 1. The number of benzene rings is 1. The van der Waals surface area contributed by atoms with Crippen LogP contribution in [0, 0.1) is 24.1 Å². The number of halogens is 1. The number of hydrogen-bond acceptors (Lipinski definition) is 5. The van der Waals surface area contributed by atoms with Gasteiger partial charge in [-0.05, 0) is 69.0 Å². The van der Waals surface area contributed by atoms with E-state index in [0.29, 0.717) is 54.0 Å². The summed E-state index contributed by atoms with van der Waals surface area (Å²) in [5.74, 6) is -0.679. The van der Waals surface area contributed by atoms with Crippen LogP contribution in [0.3, 0.4) is 0 Å². The molecule has 1 saturated carbocycles. The normalized spacial score (nSPS) is 20.8. The molecule has 7 nitrogen and oxygen atoms in total. The fourth-order valence-electron chi connectivity index (χ4n) is 3.95. The van der Waals surface area contributed by atoms with Crippen molar-refractivity contribution in [2.24, 2.45) is 0 Å². The quantitative estimate of drug-likeness (QED) is 0.672. The van der Waals surface area contributed by atoms with E-state index in [9.17, 15) is 19.6 Å². The fourth-order valence-corrected chi connectivity index (χ4v) is 3.95. The van der Waals surface area contributed by atoms with Gasteiger partial charge < -0.3 is 10.4 Å². The van der Waals surface area contributed by atoms with E-state index < -0.39 is 5.41 Å².